The van der Waals surface area contributed by atoms with Gasteiger partial charge in [0.2, 0.25) is 10.0 Å². The van der Waals surface area contributed by atoms with Gasteiger partial charge in [-0.2, -0.15) is 0 Å². The minimum Gasteiger partial charge on any atom is -0.490 e. The van der Waals surface area contributed by atoms with E-state index in [2.05, 4.69) is 13.8 Å². The van der Waals surface area contributed by atoms with Crippen molar-refractivity contribution in [3.8, 4) is 5.75 Å². The third kappa shape index (κ3) is 4.34. The van der Waals surface area contributed by atoms with Gasteiger partial charge in [-0.3, -0.25) is 4.79 Å². The Morgan fingerprint density at radius 1 is 1.18 bits per heavy atom. The maximum atomic E-state index is 14.7. The van der Waals surface area contributed by atoms with Gasteiger partial charge >= 0.3 is 0 Å². The van der Waals surface area contributed by atoms with Crippen molar-refractivity contribution in [2.24, 2.45) is 5.41 Å². The first kappa shape index (κ1) is 19.7. The molecule has 3 aliphatic rings. The molecule has 3 fully saturated rings. The highest BCUT2D eigenvalue weighted by atomic mass is 32.2. The molecule has 0 saturated heterocycles. The van der Waals surface area contributed by atoms with Gasteiger partial charge in [-0.05, 0) is 74.3 Å². The first-order valence-electron chi connectivity index (χ1n) is 10.2. The molecule has 1 aromatic rings. The van der Waals surface area contributed by atoms with Crippen molar-refractivity contribution < 1.29 is 22.3 Å². The van der Waals surface area contributed by atoms with Gasteiger partial charge in [-0.1, -0.05) is 13.8 Å². The minimum atomic E-state index is -3.71. The Morgan fingerprint density at radius 2 is 1.89 bits per heavy atom. The van der Waals surface area contributed by atoms with E-state index in [0.717, 1.165) is 44.1 Å². The molecule has 3 saturated carbocycles. The van der Waals surface area contributed by atoms with Crippen molar-refractivity contribution in [1.82, 2.24) is 4.72 Å². The van der Waals surface area contributed by atoms with Gasteiger partial charge < -0.3 is 4.74 Å². The van der Waals surface area contributed by atoms with Crippen LogP contribution in [0.3, 0.4) is 0 Å². The lowest BCUT2D eigenvalue weighted by Gasteiger charge is -2.35. The van der Waals surface area contributed by atoms with E-state index in [1.165, 1.54) is 12.1 Å². The lowest BCUT2D eigenvalue weighted by atomic mass is 9.76. The molecule has 1 aromatic carbocycles. The van der Waals surface area contributed by atoms with E-state index in [1.807, 2.05) is 4.72 Å². The van der Waals surface area contributed by atoms with E-state index in [-0.39, 0.29) is 23.0 Å². The number of carbonyl (C=O) groups excluding carboxylic acids is 1. The van der Waals surface area contributed by atoms with Crippen LogP contribution in [0.5, 0.6) is 5.75 Å². The predicted octanol–water partition coefficient (Wildman–Crippen LogP) is 4.27. The fourth-order valence-corrected chi connectivity index (χ4v) is 5.41. The summed E-state index contributed by atoms with van der Waals surface area (Å²) < 4.78 is 47.0. The lowest BCUT2D eigenvalue weighted by Crippen LogP contribution is -2.34. The van der Waals surface area contributed by atoms with E-state index in [0.29, 0.717) is 18.6 Å². The van der Waals surface area contributed by atoms with Gasteiger partial charge in [0.1, 0.15) is 11.6 Å². The van der Waals surface area contributed by atoms with Crippen LogP contribution in [0.4, 0.5) is 4.39 Å². The van der Waals surface area contributed by atoms with Gasteiger partial charge in [0.05, 0.1) is 16.9 Å². The molecule has 4 rings (SSSR count). The average molecular weight is 410 g/mol. The molecule has 0 radical (unpaired) electrons. The van der Waals surface area contributed by atoms with Crippen molar-refractivity contribution in [1.29, 1.82) is 0 Å². The highest BCUT2D eigenvalue weighted by Crippen LogP contribution is 2.46. The molecule has 3 aliphatic carbocycles. The number of carbonyl (C=O) groups is 1. The Kier molecular flexibility index (Phi) is 4.92. The van der Waals surface area contributed by atoms with Gasteiger partial charge in [0.25, 0.3) is 5.91 Å². The molecule has 1 N–H and O–H groups in total. The van der Waals surface area contributed by atoms with Crippen LogP contribution in [0.1, 0.15) is 87.1 Å². The molecule has 5 nitrogen and oxygen atoms in total. The first-order valence-corrected chi connectivity index (χ1v) is 11.8. The summed E-state index contributed by atoms with van der Waals surface area (Å²) in [5, 5.41) is -0.528. The third-order valence-electron chi connectivity index (χ3n) is 6.01. The summed E-state index contributed by atoms with van der Waals surface area (Å²) in [7, 11) is -3.71. The zero-order valence-corrected chi connectivity index (χ0v) is 17.3. The fourth-order valence-electron chi connectivity index (χ4n) is 4.12. The third-order valence-corrected chi connectivity index (χ3v) is 7.83. The molecule has 0 bridgehead atoms. The van der Waals surface area contributed by atoms with Crippen LogP contribution in [0.15, 0.2) is 12.1 Å². The van der Waals surface area contributed by atoms with E-state index in [1.54, 1.807) is 0 Å². The van der Waals surface area contributed by atoms with Gasteiger partial charge in [0.15, 0.2) is 0 Å². The number of hydrogen-bond acceptors (Lipinski definition) is 4. The monoisotopic (exact) mass is 409 g/mol. The summed E-state index contributed by atoms with van der Waals surface area (Å²) >= 11 is 0. The smallest absolute Gasteiger partial charge is 0.267 e. The highest BCUT2D eigenvalue weighted by Gasteiger charge is 2.38. The topological polar surface area (TPSA) is 72.5 Å². The Morgan fingerprint density at radius 3 is 2.50 bits per heavy atom. The molecule has 0 aromatic heterocycles. The van der Waals surface area contributed by atoms with E-state index >= 15 is 0 Å². The van der Waals surface area contributed by atoms with Crippen LogP contribution < -0.4 is 9.46 Å². The molecular formula is C21H28FNO4S. The predicted molar refractivity (Wildman–Crippen MR) is 104 cm³/mol. The van der Waals surface area contributed by atoms with Gasteiger partial charge in [-0.25, -0.2) is 17.5 Å². The molecule has 1 unspecified atom stereocenters. The number of sulfonamides is 1. The molecule has 0 heterocycles. The zero-order valence-electron chi connectivity index (χ0n) is 16.5. The Hall–Kier alpha value is -1.63. The van der Waals surface area contributed by atoms with Crippen molar-refractivity contribution in [2.45, 2.75) is 82.5 Å². The van der Waals surface area contributed by atoms with Gasteiger partial charge in [0, 0.05) is 6.07 Å². The van der Waals surface area contributed by atoms with E-state index < -0.39 is 27.0 Å². The summed E-state index contributed by atoms with van der Waals surface area (Å²) in [6.45, 7) is 4.44. The zero-order chi connectivity index (χ0) is 20.1. The van der Waals surface area contributed by atoms with Crippen molar-refractivity contribution in [2.75, 3.05) is 0 Å². The van der Waals surface area contributed by atoms with E-state index in [4.69, 9.17) is 4.74 Å². The van der Waals surface area contributed by atoms with Crippen molar-refractivity contribution in [3.63, 3.8) is 0 Å². The number of ether oxygens (including phenoxy) is 1. The number of nitrogens with one attached hydrogen (secondary N) is 1. The molecule has 1 atom stereocenters. The van der Waals surface area contributed by atoms with Crippen molar-refractivity contribution in [3.05, 3.63) is 29.1 Å². The van der Waals surface area contributed by atoms with Crippen LogP contribution in [-0.2, 0) is 10.0 Å². The molecule has 0 aliphatic heterocycles. The van der Waals surface area contributed by atoms with Crippen LogP contribution in [0.2, 0.25) is 0 Å². The number of hydrogen-bond donors (Lipinski definition) is 1. The summed E-state index contributed by atoms with van der Waals surface area (Å²) in [6, 6.07) is 2.77. The number of amides is 1. The minimum absolute atomic E-state index is 0.0376. The van der Waals surface area contributed by atoms with E-state index in [9.17, 15) is 17.6 Å². The number of benzene rings is 1. The second kappa shape index (κ2) is 7.01. The summed E-state index contributed by atoms with van der Waals surface area (Å²) in [5.74, 6) is -0.877. The summed E-state index contributed by atoms with van der Waals surface area (Å²) in [4.78, 5) is 12.4. The molecule has 154 valence electrons. The Balaban J connectivity index is 1.57. The maximum absolute atomic E-state index is 14.7. The number of rotatable bonds is 6. The molecule has 0 spiro atoms. The SMILES string of the molecule is CC1(C)CCCC(Oc2cc(F)c(C(=O)NS(=O)(=O)C3CC3)cc2C2CC2)C1. The van der Waals surface area contributed by atoms with Crippen molar-refractivity contribution >= 4 is 15.9 Å². The quantitative estimate of drug-likeness (QED) is 0.761. The lowest BCUT2D eigenvalue weighted by molar-refractivity contribution is 0.0840. The fraction of sp³-hybridized carbons (Fsp3) is 0.667. The first-order chi connectivity index (χ1) is 13.1. The molecule has 28 heavy (non-hydrogen) atoms. The summed E-state index contributed by atoms with van der Waals surface area (Å²) in [5.41, 5.74) is 0.805. The normalized spacial score (nSPS) is 24.6. The molecule has 1 amide bonds. The van der Waals surface area contributed by atoms with Crippen LogP contribution in [-0.4, -0.2) is 25.7 Å². The maximum Gasteiger partial charge on any atom is 0.267 e. The second-order valence-corrected chi connectivity index (χ2v) is 11.3. The molecule has 7 heteroatoms. The largest absolute Gasteiger partial charge is 0.490 e. The van der Waals surface area contributed by atoms with Crippen LogP contribution in [0, 0.1) is 11.2 Å². The van der Waals surface area contributed by atoms with Crippen LogP contribution in [0.25, 0.3) is 0 Å². The number of halogens is 1. The second-order valence-electron chi connectivity index (χ2n) is 9.32. The van der Waals surface area contributed by atoms with Crippen LogP contribution >= 0.6 is 0 Å². The average Bonchev–Trinajstić information content (AvgIpc) is 3.45. The molecular weight excluding hydrogens is 381 g/mol. The summed E-state index contributed by atoms with van der Waals surface area (Å²) in [6.07, 6.45) is 7.17. The Labute approximate surface area is 166 Å². The van der Waals surface area contributed by atoms with Gasteiger partial charge in [-0.15, -0.1) is 0 Å². The Bertz CT molecular complexity index is 888. The standard InChI is InChI=1S/C21H28FNO4S/c1-21(2)9-3-4-14(12-21)27-19-11-18(22)17(10-16(19)13-5-6-13)20(24)23-28(25,26)15-7-8-15/h10-11,13-15H,3-9,12H2,1-2H3,(H,23,24). The highest BCUT2D eigenvalue weighted by molar-refractivity contribution is 7.91.